The monoisotopic (exact) mass is 241 g/mol. The Balaban J connectivity index is 2.72. The Morgan fingerprint density at radius 1 is 1.50 bits per heavy atom. The average molecular weight is 242 g/mol. The van der Waals surface area contributed by atoms with Gasteiger partial charge in [-0.1, -0.05) is 0 Å². The number of benzene rings is 1. The van der Waals surface area contributed by atoms with Gasteiger partial charge in [0.15, 0.2) is 0 Å². The molecule has 0 bridgehead atoms. The van der Waals surface area contributed by atoms with Gasteiger partial charge >= 0.3 is 6.09 Å². The summed E-state index contributed by atoms with van der Waals surface area (Å²) in [5.41, 5.74) is 6.77. The Morgan fingerprint density at radius 2 is 2.12 bits per heavy atom. The van der Waals surface area contributed by atoms with Crippen LogP contribution in [0.3, 0.4) is 0 Å². The molecule has 0 spiro atoms. The number of hydrogen-bond acceptors (Lipinski definition) is 3. The Morgan fingerprint density at radius 3 is 2.62 bits per heavy atom. The van der Waals surface area contributed by atoms with Crippen LogP contribution in [0.2, 0.25) is 0 Å². The van der Waals surface area contributed by atoms with Crippen molar-refractivity contribution in [3.8, 4) is 0 Å². The first-order valence-electron chi connectivity index (χ1n) is 4.49. The second-order valence-corrected chi connectivity index (χ2v) is 3.17. The van der Waals surface area contributed by atoms with E-state index in [9.17, 15) is 4.79 Å². The van der Waals surface area contributed by atoms with E-state index >= 15 is 0 Å². The van der Waals surface area contributed by atoms with Crippen LogP contribution >= 0.6 is 11.6 Å². The predicted octanol–water partition coefficient (Wildman–Crippen LogP) is 2.09. The molecule has 0 aromatic heterocycles. The van der Waals surface area contributed by atoms with E-state index in [-0.39, 0.29) is 5.88 Å². The SMILES string of the molecule is COC(=O)Nc1ccc(N=C(N)CCl)cc1. The average Bonchev–Trinajstić information content (AvgIpc) is 2.31. The number of ether oxygens (including phenoxy) is 1. The van der Waals surface area contributed by atoms with Gasteiger partial charge < -0.3 is 10.5 Å². The highest BCUT2D eigenvalue weighted by atomic mass is 35.5. The first kappa shape index (κ1) is 12.3. The first-order chi connectivity index (χ1) is 7.65. The molecule has 0 aliphatic rings. The van der Waals surface area contributed by atoms with Crippen LogP contribution in [-0.2, 0) is 4.74 Å². The quantitative estimate of drug-likeness (QED) is 0.483. The topological polar surface area (TPSA) is 76.7 Å². The van der Waals surface area contributed by atoms with Crippen LogP contribution in [0, 0.1) is 0 Å². The lowest BCUT2D eigenvalue weighted by molar-refractivity contribution is 0.187. The molecule has 16 heavy (non-hydrogen) atoms. The number of nitrogens with one attached hydrogen (secondary N) is 1. The van der Waals surface area contributed by atoms with Crippen LogP contribution in [0.4, 0.5) is 16.2 Å². The second-order valence-electron chi connectivity index (χ2n) is 2.90. The van der Waals surface area contributed by atoms with Gasteiger partial charge in [0.05, 0.1) is 18.7 Å². The van der Waals surface area contributed by atoms with Gasteiger partial charge in [0.1, 0.15) is 5.84 Å². The van der Waals surface area contributed by atoms with Gasteiger partial charge in [-0.25, -0.2) is 9.79 Å². The number of anilines is 1. The van der Waals surface area contributed by atoms with E-state index in [2.05, 4.69) is 15.0 Å². The van der Waals surface area contributed by atoms with Crippen molar-refractivity contribution < 1.29 is 9.53 Å². The number of alkyl halides is 1. The van der Waals surface area contributed by atoms with Crippen LogP contribution in [0.25, 0.3) is 0 Å². The summed E-state index contributed by atoms with van der Waals surface area (Å²) in [5, 5.41) is 2.52. The minimum Gasteiger partial charge on any atom is -0.453 e. The highest BCUT2D eigenvalue weighted by molar-refractivity contribution is 6.28. The summed E-state index contributed by atoms with van der Waals surface area (Å²) >= 11 is 5.49. The van der Waals surface area contributed by atoms with Crippen molar-refractivity contribution in [2.45, 2.75) is 0 Å². The molecule has 0 saturated heterocycles. The van der Waals surface area contributed by atoms with Gasteiger partial charge in [0.25, 0.3) is 0 Å². The van der Waals surface area contributed by atoms with E-state index in [4.69, 9.17) is 17.3 Å². The Kier molecular flexibility index (Phi) is 4.60. The molecular formula is C10H12ClN3O2. The van der Waals surface area contributed by atoms with Crippen molar-refractivity contribution in [2.75, 3.05) is 18.3 Å². The molecule has 0 aliphatic heterocycles. The fourth-order valence-electron chi connectivity index (χ4n) is 0.984. The van der Waals surface area contributed by atoms with E-state index < -0.39 is 6.09 Å². The summed E-state index contributed by atoms with van der Waals surface area (Å²) in [7, 11) is 1.30. The molecule has 0 aliphatic carbocycles. The van der Waals surface area contributed by atoms with Crippen molar-refractivity contribution in [1.29, 1.82) is 0 Å². The number of nitrogens with zero attached hydrogens (tertiary/aromatic N) is 1. The molecule has 6 heteroatoms. The highest BCUT2D eigenvalue weighted by Crippen LogP contribution is 2.16. The lowest BCUT2D eigenvalue weighted by Gasteiger charge is -2.03. The number of methoxy groups -OCH3 is 1. The number of aliphatic imine (C=N–C) groups is 1. The van der Waals surface area contributed by atoms with Gasteiger partial charge in [-0.2, -0.15) is 0 Å². The molecule has 1 rings (SSSR count). The van der Waals surface area contributed by atoms with Gasteiger partial charge in [0.2, 0.25) is 0 Å². The smallest absolute Gasteiger partial charge is 0.411 e. The van der Waals surface area contributed by atoms with Gasteiger partial charge in [-0.05, 0) is 24.3 Å². The maximum absolute atomic E-state index is 10.9. The van der Waals surface area contributed by atoms with Crippen molar-refractivity contribution in [3.05, 3.63) is 24.3 Å². The molecule has 1 amide bonds. The summed E-state index contributed by atoms with van der Waals surface area (Å²) < 4.78 is 4.45. The van der Waals surface area contributed by atoms with Crippen LogP contribution < -0.4 is 11.1 Å². The minimum atomic E-state index is -0.517. The number of carbonyl (C=O) groups is 1. The van der Waals surface area contributed by atoms with E-state index in [1.54, 1.807) is 24.3 Å². The van der Waals surface area contributed by atoms with Crippen molar-refractivity contribution in [1.82, 2.24) is 0 Å². The van der Waals surface area contributed by atoms with Gasteiger partial charge in [-0.15, -0.1) is 11.6 Å². The van der Waals surface area contributed by atoms with E-state index in [0.29, 0.717) is 17.2 Å². The Bertz CT molecular complexity index is 390. The molecule has 1 aromatic rings. The van der Waals surface area contributed by atoms with Crippen molar-refractivity contribution >= 4 is 34.9 Å². The fraction of sp³-hybridized carbons (Fsp3) is 0.200. The predicted molar refractivity (Wildman–Crippen MR) is 64.5 cm³/mol. The number of hydrogen-bond donors (Lipinski definition) is 2. The standard InChI is InChI=1S/C10H12ClN3O2/c1-16-10(15)14-8-4-2-7(3-5-8)13-9(12)6-11/h2-5H,6H2,1H3,(H2,12,13)(H,14,15). The van der Waals surface area contributed by atoms with Crippen LogP contribution in [0.5, 0.6) is 0 Å². The number of amidine groups is 1. The number of amides is 1. The molecule has 3 N–H and O–H groups in total. The molecule has 0 heterocycles. The van der Waals surface area contributed by atoms with Crippen molar-refractivity contribution in [3.63, 3.8) is 0 Å². The third-order valence-electron chi connectivity index (χ3n) is 1.71. The zero-order valence-corrected chi connectivity index (χ0v) is 9.49. The lowest BCUT2D eigenvalue weighted by atomic mass is 10.3. The first-order valence-corrected chi connectivity index (χ1v) is 5.03. The van der Waals surface area contributed by atoms with Gasteiger partial charge in [0, 0.05) is 5.69 Å². The third kappa shape index (κ3) is 3.78. The summed E-state index contributed by atoms with van der Waals surface area (Å²) in [6.07, 6.45) is -0.517. The van der Waals surface area contributed by atoms with Gasteiger partial charge in [-0.3, -0.25) is 5.32 Å². The molecule has 0 fully saturated rings. The third-order valence-corrected chi connectivity index (χ3v) is 1.98. The molecule has 0 saturated carbocycles. The minimum absolute atomic E-state index is 0.183. The summed E-state index contributed by atoms with van der Waals surface area (Å²) in [6.45, 7) is 0. The van der Waals surface area contributed by atoms with Crippen LogP contribution in [0.15, 0.2) is 29.3 Å². The summed E-state index contributed by atoms with van der Waals surface area (Å²) in [5.74, 6) is 0.526. The fourth-order valence-corrected chi connectivity index (χ4v) is 1.04. The zero-order valence-electron chi connectivity index (χ0n) is 8.74. The molecule has 1 aromatic carbocycles. The van der Waals surface area contributed by atoms with E-state index in [1.807, 2.05) is 0 Å². The maximum Gasteiger partial charge on any atom is 0.411 e. The van der Waals surface area contributed by atoms with Crippen molar-refractivity contribution in [2.24, 2.45) is 10.7 Å². The Hall–Kier alpha value is -1.75. The molecular weight excluding hydrogens is 230 g/mol. The second kappa shape index (κ2) is 5.97. The molecule has 5 nitrogen and oxygen atoms in total. The maximum atomic E-state index is 10.9. The number of nitrogens with two attached hydrogens (primary N) is 1. The number of rotatable bonds is 3. The molecule has 86 valence electrons. The summed E-state index contributed by atoms with van der Waals surface area (Å²) in [6, 6.07) is 6.81. The van der Waals surface area contributed by atoms with Crippen LogP contribution in [-0.4, -0.2) is 24.9 Å². The largest absolute Gasteiger partial charge is 0.453 e. The normalized spacial score (nSPS) is 11.0. The molecule has 0 unspecified atom stereocenters. The van der Waals surface area contributed by atoms with E-state index in [0.717, 1.165) is 0 Å². The molecule has 0 radical (unpaired) electrons. The van der Waals surface area contributed by atoms with E-state index in [1.165, 1.54) is 7.11 Å². The van der Waals surface area contributed by atoms with Crippen LogP contribution in [0.1, 0.15) is 0 Å². The lowest BCUT2D eigenvalue weighted by Crippen LogP contribution is -2.12. The number of halogens is 1. The number of carbonyl (C=O) groups excluding carboxylic acids is 1. The highest BCUT2D eigenvalue weighted by Gasteiger charge is 1.99. The summed E-state index contributed by atoms with van der Waals surface area (Å²) in [4.78, 5) is 14.9. The zero-order chi connectivity index (χ0) is 12.0. The Labute approximate surface area is 98.3 Å². The molecule has 0 atom stereocenters.